The molecule has 0 spiro atoms. The molecule has 2 rings (SSSR count). The van der Waals surface area contributed by atoms with Crippen molar-refractivity contribution >= 4 is 6.29 Å². The quantitative estimate of drug-likeness (QED) is 0.379. The molecule has 0 unspecified atom stereocenters. The Hall–Kier alpha value is -1.63. The van der Waals surface area contributed by atoms with Crippen molar-refractivity contribution in [1.29, 1.82) is 0 Å². The molecule has 0 heterocycles. The smallest absolute Gasteiger partial charge is 0.143 e. The van der Waals surface area contributed by atoms with Crippen molar-refractivity contribution in [2.75, 3.05) is 0 Å². The summed E-state index contributed by atoms with van der Waals surface area (Å²) < 4.78 is 0. The summed E-state index contributed by atoms with van der Waals surface area (Å²) in [6.07, 6.45) is 19.7. The number of fused-ring (bicyclic) bond motifs is 1. The van der Waals surface area contributed by atoms with Crippen LogP contribution >= 0.6 is 0 Å². The van der Waals surface area contributed by atoms with E-state index in [9.17, 15) is 4.79 Å². The summed E-state index contributed by atoms with van der Waals surface area (Å²) in [6, 6.07) is 0. The Labute approximate surface area is 128 Å². The minimum atomic E-state index is 0.434. The number of rotatable bonds is 4. The van der Waals surface area contributed by atoms with Gasteiger partial charge in [0.05, 0.1) is 0 Å². The third kappa shape index (κ3) is 3.93. The predicted octanol–water partition coefficient (Wildman–Crippen LogP) is 5.47. The molecule has 0 aromatic carbocycles. The second kappa shape index (κ2) is 6.89. The zero-order valence-electron chi connectivity index (χ0n) is 13.5. The van der Waals surface area contributed by atoms with Crippen molar-refractivity contribution in [2.45, 2.75) is 52.9 Å². The van der Waals surface area contributed by atoms with Gasteiger partial charge in [-0.25, -0.2) is 0 Å². The second-order valence-electron chi connectivity index (χ2n) is 6.56. The van der Waals surface area contributed by atoms with Crippen LogP contribution in [0, 0.1) is 5.41 Å². The van der Waals surface area contributed by atoms with Gasteiger partial charge in [-0.3, -0.25) is 4.79 Å². The highest BCUT2D eigenvalue weighted by atomic mass is 16.1. The highest BCUT2D eigenvalue weighted by Crippen LogP contribution is 2.51. The molecule has 1 saturated carbocycles. The first-order valence-corrected chi connectivity index (χ1v) is 7.94. The van der Waals surface area contributed by atoms with E-state index < -0.39 is 0 Å². The molecule has 112 valence electrons. The summed E-state index contributed by atoms with van der Waals surface area (Å²) in [7, 11) is 0. The maximum absolute atomic E-state index is 10.4. The lowest BCUT2D eigenvalue weighted by Gasteiger charge is -2.29. The van der Waals surface area contributed by atoms with Crippen LogP contribution in [0.3, 0.4) is 0 Å². The molecule has 0 aromatic heterocycles. The number of hydrogen-bond acceptors (Lipinski definition) is 1. The Morgan fingerprint density at radius 1 is 1.19 bits per heavy atom. The Morgan fingerprint density at radius 2 is 2.00 bits per heavy atom. The van der Waals surface area contributed by atoms with Crippen molar-refractivity contribution in [3.05, 3.63) is 58.7 Å². The molecule has 1 heteroatoms. The molecular formula is C20H26O. The topological polar surface area (TPSA) is 17.1 Å². The van der Waals surface area contributed by atoms with Crippen LogP contribution in [0.5, 0.6) is 0 Å². The van der Waals surface area contributed by atoms with Crippen LogP contribution in [0.2, 0.25) is 0 Å². The van der Waals surface area contributed by atoms with Gasteiger partial charge in [0.15, 0.2) is 0 Å². The van der Waals surface area contributed by atoms with Crippen LogP contribution in [0.25, 0.3) is 0 Å². The lowest BCUT2D eigenvalue weighted by Crippen LogP contribution is -2.16. The molecule has 2 aliphatic rings. The van der Waals surface area contributed by atoms with Crippen LogP contribution in [0.4, 0.5) is 0 Å². The van der Waals surface area contributed by atoms with E-state index in [1.54, 1.807) is 11.6 Å². The summed E-state index contributed by atoms with van der Waals surface area (Å²) in [5.41, 5.74) is 5.81. The number of allylic oxidation sites excluding steroid dienone is 10. The van der Waals surface area contributed by atoms with Gasteiger partial charge in [0.25, 0.3) is 0 Å². The minimum absolute atomic E-state index is 0.434. The van der Waals surface area contributed by atoms with Crippen LogP contribution in [0.1, 0.15) is 52.9 Å². The van der Waals surface area contributed by atoms with E-state index in [0.29, 0.717) is 5.41 Å². The van der Waals surface area contributed by atoms with Crippen LogP contribution < -0.4 is 0 Å². The molecule has 1 fully saturated rings. The van der Waals surface area contributed by atoms with Crippen molar-refractivity contribution in [2.24, 2.45) is 5.41 Å². The summed E-state index contributed by atoms with van der Waals surface area (Å²) >= 11 is 0. The zero-order chi connectivity index (χ0) is 15.3. The first kappa shape index (κ1) is 15.8. The van der Waals surface area contributed by atoms with Crippen molar-refractivity contribution in [3.8, 4) is 0 Å². The molecule has 0 aromatic rings. The fraction of sp³-hybridized carbons (Fsp3) is 0.450. The molecule has 0 aliphatic heterocycles. The van der Waals surface area contributed by atoms with Gasteiger partial charge in [-0.2, -0.15) is 0 Å². The van der Waals surface area contributed by atoms with E-state index >= 15 is 0 Å². The lowest BCUT2D eigenvalue weighted by atomic mass is 9.75. The SMILES string of the molecule is CC(/C=C\C=C(C)\C=C1/CC[C@@]2(C)CCCC=C12)=C\C=O. The molecule has 0 amide bonds. The van der Waals surface area contributed by atoms with Gasteiger partial charge in [-0.1, -0.05) is 42.9 Å². The first-order chi connectivity index (χ1) is 10.0. The summed E-state index contributed by atoms with van der Waals surface area (Å²) in [5, 5.41) is 0. The van der Waals surface area contributed by atoms with E-state index in [2.05, 4.69) is 32.1 Å². The fourth-order valence-electron chi connectivity index (χ4n) is 3.43. The van der Waals surface area contributed by atoms with E-state index in [1.807, 2.05) is 19.1 Å². The van der Waals surface area contributed by atoms with E-state index in [-0.39, 0.29) is 0 Å². The standard InChI is InChI=1S/C20H26O/c1-16(11-14-21)7-6-8-17(2)15-18-10-13-20(3)12-5-4-9-19(18)20/h6-9,11,14-15H,4-5,10,12-13H2,1-3H3/b7-6-,16-11+,17-8+,18-15+/t20-/m1/s1. The molecule has 0 radical (unpaired) electrons. The molecular weight excluding hydrogens is 256 g/mol. The highest BCUT2D eigenvalue weighted by molar-refractivity contribution is 5.66. The average Bonchev–Trinajstić information content (AvgIpc) is 2.76. The number of hydrogen-bond donors (Lipinski definition) is 0. The maximum Gasteiger partial charge on any atom is 0.143 e. The van der Waals surface area contributed by atoms with Gasteiger partial charge in [0.2, 0.25) is 0 Å². The van der Waals surface area contributed by atoms with Gasteiger partial charge in [0.1, 0.15) is 6.29 Å². The molecule has 1 nitrogen and oxygen atoms in total. The summed E-state index contributed by atoms with van der Waals surface area (Å²) in [5.74, 6) is 0. The molecule has 0 saturated heterocycles. The van der Waals surface area contributed by atoms with Crippen molar-refractivity contribution in [3.63, 3.8) is 0 Å². The van der Waals surface area contributed by atoms with Gasteiger partial charge in [-0.05, 0) is 74.2 Å². The number of carbonyl (C=O) groups excluding carboxylic acids is 1. The minimum Gasteiger partial charge on any atom is -0.299 e. The predicted molar refractivity (Wildman–Crippen MR) is 90.1 cm³/mol. The molecule has 0 bridgehead atoms. The number of aldehydes is 1. The molecule has 0 N–H and O–H groups in total. The van der Waals surface area contributed by atoms with Gasteiger partial charge >= 0.3 is 0 Å². The van der Waals surface area contributed by atoms with Crippen molar-refractivity contribution < 1.29 is 4.79 Å². The molecule has 1 atom stereocenters. The second-order valence-corrected chi connectivity index (χ2v) is 6.56. The van der Waals surface area contributed by atoms with Gasteiger partial charge in [0, 0.05) is 0 Å². The Balaban J connectivity index is 2.11. The Kier molecular flexibility index (Phi) is 5.17. The van der Waals surface area contributed by atoms with Crippen LogP contribution in [-0.2, 0) is 4.79 Å². The van der Waals surface area contributed by atoms with Crippen LogP contribution in [0.15, 0.2) is 58.7 Å². The molecule has 2 aliphatic carbocycles. The Morgan fingerprint density at radius 3 is 2.76 bits per heavy atom. The normalized spacial score (nSPS) is 28.9. The monoisotopic (exact) mass is 282 g/mol. The average molecular weight is 282 g/mol. The molecule has 21 heavy (non-hydrogen) atoms. The first-order valence-electron chi connectivity index (χ1n) is 7.94. The third-order valence-electron chi connectivity index (χ3n) is 4.67. The lowest BCUT2D eigenvalue weighted by molar-refractivity contribution is -0.104. The van der Waals surface area contributed by atoms with Crippen LogP contribution in [-0.4, -0.2) is 6.29 Å². The fourth-order valence-corrected chi connectivity index (χ4v) is 3.43. The largest absolute Gasteiger partial charge is 0.299 e. The van der Waals surface area contributed by atoms with Gasteiger partial charge < -0.3 is 0 Å². The third-order valence-corrected chi connectivity index (χ3v) is 4.67. The zero-order valence-corrected chi connectivity index (χ0v) is 13.5. The van der Waals surface area contributed by atoms with Crippen molar-refractivity contribution in [1.82, 2.24) is 0 Å². The summed E-state index contributed by atoms with van der Waals surface area (Å²) in [4.78, 5) is 10.4. The maximum atomic E-state index is 10.4. The van der Waals surface area contributed by atoms with Gasteiger partial charge in [-0.15, -0.1) is 0 Å². The Bertz CT molecular complexity index is 554. The van der Waals surface area contributed by atoms with E-state index in [4.69, 9.17) is 0 Å². The van der Waals surface area contributed by atoms with E-state index in [1.165, 1.54) is 43.3 Å². The summed E-state index contributed by atoms with van der Waals surface area (Å²) in [6.45, 7) is 6.50. The highest BCUT2D eigenvalue weighted by Gasteiger charge is 2.37. The van der Waals surface area contributed by atoms with E-state index in [0.717, 1.165) is 11.9 Å². The number of carbonyl (C=O) groups is 1.